The van der Waals surface area contributed by atoms with Gasteiger partial charge in [0.15, 0.2) is 6.29 Å². The number of rotatable bonds is 4. The molecule has 26 heavy (non-hydrogen) atoms. The van der Waals surface area contributed by atoms with Gasteiger partial charge < -0.3 is 39.7 Å². The van der Waals surface area contributed by atoms with Crippen LogP contribution in [0.2, 0.25) is 0 Å². The van der Waals surface area contributed by atoms with Crippen LogP contribution in [0, 0.1) is 17.8 Å². The molecule has 2 heterocycles. The standard InChI is InChI=1S/C16H22O10/c1-5-8(18)2-6-7(14(22)23)4-24-15(10(5)6)26-16-13(21)12(20)11(19)9(3-17)25-16/h4-6,9-13,15-17,19-21H,2-3H2,1H3,(H,22,23). The molecule has 0 bridgehead atoms. The van der Waals surface area contributed by atoms with Gasteiger partial charge in [0, 0.05) is 24.2 Å². The van der Waals surface area contributed by atoms with Gasteiger partial charge in [-0.15, -0.1) is 0 Å². The molecule has 2 fully saturated rings. The van der Waals surface area contributed by atoms with Crippen LogP contribution in [-0.2, 0) is 23.8 Å². The summed E-state index contributed by atoms with van der Waals surface area (Å²) in [5.74, 6) is -3.05. The van der Waals surface area contributed by atoms with E-state index in [4.69, 9.17) is 14.2 Å². The van der Waals surface area contributed by atoms with Crippen LogP contribution in [0.25, 0.3) is 0 Å². The second kappa shape index (κ2) is 7.22. The first-order valence-corrected chi connectivity index (χ1v) is 8.33. The lowest BCUT2D eigenvalue weighted by Crippen LogP contribution is -2.60. The van der Waals surface area contributed by atoms with Crippen LogP contribution in [0.4, 0.5) is 0 Å². The summed E-state index contributed by atoms with van der Waals surface area (Å²) in [5, 5.41) is 48.2. The Kier molecular flexibility index (Phi) is 5.33. The number of carbonyl (C=O) groups is 2. The molecule has 0 radical (unpaired) electrons. The number of carboxylic acid groups (broad SMARTS) is 1. The minimum Gasteiger partial charge on any atom is -0.478 e. The number of carbonyl (C=O) groups excluding carboxylic acids is 1. The van der Waals surface area contributed by atoms with Gasteiger partial charge in [-0.1, -0.05) is 6.92 Å². The van der Waals surface area contributed by atoms with Gasteiger partial charge in [0.25, 0.3) is 0 Å². The summed E-state index contributed by atoms with van der Waals surface area (Å²) in [5.41, 5.74) is -0.0265. The summed E-state index contributed by atoms with van der Waals surface area (Å²) < 4.78 is 16.2. The molecule has 10 heteroatoms. The van der Waals surface area contributed by atoms with E-state index in [-0.39, 0.29) is 17.8 Å². The smallest absolute Gasteiger partial charge is 0.334 e. The molecule has 1 aliphatic carbocycles. The summed E-state index contributed by atoms with van der Waals surface area (Å²) in [4.78, 5) is 23.5. The summed E-state index contributed by atoms with van der Waals surface area (Å²) >= 11 is 0. The molecule has 3 rings (SSSR count). The van der Waals surface area contributed by atoms with Crippen molar-refractivity contribution in [2.75, 3.05) is 6.61 Å². The Bertz CT molecular complexity index is 602. The number of aliphatic carboxylic acids is 1. The van der Waals surface area contributed by atoms with E-state index >= 15 is 0 Å². The minimum absolute atomic E-state index is 0.0265. The SMILES string of the molecule is CC1C(=O)CC2C(C(=O)O)=COC(OC3OC(CO)C(O)C(O)C3O)C12. The summed E-state index contributed by atoms with van der Waals surface area (Å²) in [6, 6.07) is 0. The highest BCUT2D eigenvalue weighted by Crippen LogP contribution is 2.45. The van der Waals surface area contributed by atoms with E-state index in [9.17, 15) is 35.1 Å². The molecule has 10 nitrogen and oxygen atoms in total. The summed E-state index contributed by atoms with van der Waals surface area (Å²) in [6.45, 7) is 1.03. The van der Waals surface area contributed by atoms with Crippen molar-refractivity contribution in [1.82, 2.24) is 0 Å². The van der Waals surface area contributed by atoms with E-state index in [2.05, 4.69) is 0 Å². The number of ether oxygens (including phenoxy) is 3. The number of fused-ring (bicyclic) bond motifs is 1. The predicted molar refractivity (Wildman–Crippen MR) is 81.2 cm³/mol. The van der Waals surface area contributed by atoms with Gasteiger partial charge in [-0.05, 0) is 0 Å². The van der Waals surface area contributed by atoms with Crippen LogP contribution < -0.4 is 0 Å². The van der Waals surface area contributed by atoms with E-state index < -0.39 is 67.3 Å². The summed E-state index contributed by atoms with van der Waals surface area (Å²) in [7, 11) is 0. The van der Waals surface area contributed by atoms with Crippen LogP contribution in [0.3, 0.4) is 0 Å². The third kappa shape index (κ3) is 3.13. The van der Waals surface area contributed by atoms with Crippen molar-refractivity contribution in [3.05, 3.63) is 11.8 Å². The Balaban J connectivity index is 1.81. The third-order valence-electron chi connectivity index (χ3n) is 5.38. The van der Waals surface area contributed by atoms with Gasteiger partial charge in [0.05, 0.1) is 18.4 Å². The van der Waals surface area contributed by atoms with E-state index in [0.717, 1.165) is 6.26 Å². The largest absolute Gasteiger partial charge is 0.478 e. The van der Waals surface area contributed by atoms with Crippen molar-refractivity contribution in [2.45, 2.75) is 50.3 Å². The molecule has 5 N–H and O–H groups in total. The number of ketones is 1. The first-order chi connectivity index (χ1) is 12.3. The fourth-order valence-electron chi connectivity index (χ4n) is 3.81. The molecule has 1 saturated carbocycles. The molecule has 0 amide bonds. The van der Waals surface area contributed by atoms with Gasteiger partial charge in [-0.2, -0.15) is 0 Å². The number of aliphatic hydroxyl groups is 4. The van der Waals surface area contributed by atoms with Crippen molar-refractivity contribution in [2.24, 2.45) is 17.8 Å². The molecule has 9 atom stereocenters. The lowest BCUT2D eigenvalue weighted by Gasteiger charge is -2.42. The Morgan fingerprint density at radius 1 is 1.23 bits per heavy atom. The van der Waals surface area contributed by atoms with E-state index in [1.807, 2.05) is 0 Å². The van der Waals surface area contributed by atoms with Crippen molar-refractivity contribution in [3.8, 4) is 0 Å². The molecule has 3 aliphatic rings. The number of aliphatic hydroxyl groups excluding tert-OH is 4. The number of hydrogen-bond donors (Lipinski definition) is 5. The van der Waals surface area contributed by atoms with E-state index in [0.29, 0.717) is 0 Å². The quantitative estimate of drug-likeness (QED) is 0.371. The molecule has 1 saturated heterocycles. The molecule has 2 aliphatic heterocycles. The van der Waals surface area contributed by atoms with Crippen molar-refractivity contribution < 1.29 is 49.3 Å². The first kappa shape index (κ1) is 19.2. The van der Waals surface area contributed by atoms with Crippen molar-refractivity contribution in [1.29, 1.82) is 0 Å². The molecule has 9 unspecified atom stereocenters. The number of carboxylic acids is 1. The zero-order valence-electron chi connectivity index (χ0n) is 14.0. The minimum atomic E-state index is -1.62. The Labute approximate surface area is 148 Å². The highest BCUT2D eigenvalue weighted by Gasteiger charge is 2.53. The van der Waals surface area contributed by atoms with Crippen molar-refractivity contribution in [3.63, 3.8) is 0 Å². The second-order valence-electron chi connectivity index (χ2n) is 6.86. The number of Topliss-reactive ketones (excluding diaryl/α,β-unsaturated/α-hetero) is 1. The molecular formula is C16H22O10. The maximum Gasteiger partial charge on any atom is 0.334 e. The Morgan fingerprint density at radius 2 is 1.92 bits per heavy atom. The average molecular weight is 374 g/mol. The topological polar surface area (TPSA) is 163 Å². The molecule has 0 aromatic carbocycles. The molecule has 0 aromatic heterocycles. The maximum absolute atomic E-state index is 12.1. The molecule has 146 valence electrons. The zero-order valence-corrected chi connectivity index (χ0v) is 14.0. The zero-order chi connectivity index (χ0) is 19.2. The third-order valence-corrected chi connectivity index (χ3v) is 5.38. The summed E-state index contributed by atoms with van der Waals surface area (Å²) in [6.07, 6.45) is -7.37. The van der Waals surface area contributed by atoms with Crippen LogP contribution in [0.5, 0.6) is 0 Å². The molecular weight excluding hydrogens is 352 g/mol. The lowest BCUT2D eigenvalue weighted by atomic mass is 9.83. The van der Waals surface area contributed by atoms with Gasteiger partial charge in [0.2, 0.25) is 6.29 Å². The normalized spacial score (nSPS) is 45.7. The van der Waals surface area contributed by atoms with Crippen molar-refractivity contribution >= 4 is 11.8 Å². The van der Waals surface area contributed by atoms with Gasteiger partial charge >= 0.3 is 5.97 Å². The molecule has 0 aromatic rings. The van der Waals surface area contributed by atoms with Crippen LogP contribution >= 0.6 is 0 Å². The fraction of sp³-hybridized carbons (Fsp3) is 0.750. The monoisotopic (exact) mass is 374 g/mol. The molecule has 0 spiro atoms. The predicted octanol–water partition coefficient (Wildman–Crippen LogP) is -2.03. The Hall–Kier alpha value is -1.56. The highest BCUT2D eigenvalue weighted by atomic mass is 16.8. The highest BCUT2D eigenvalue weighted by molar-refractivity contribution is 5.91. The maximum atomic E-state index is 12.1. The van der Waals surface area contributed by atoms with Gasteiger partial charge in [0.1, 0.15) is 30.2 Å². The Morgan fingerprint density at radius 3 is 2.54 bits per heavy atom. The van der Waals surface area contributed by atoms with E-state index in [1.165, 1.54) is 0 Å². The van der Waals surface area contributed by atoms with Crippen LogP contribution in [0.15, 0.2) is 11.8 Å². The van der Waals surface area contributed by atoms with Gasteiger partial charge in [-0.25, -0.2) is 4.79 Å². The van der Waals surface area contributed by atoms with Crippen LogP contribution in [0.1, 0.15) is 13.3 Å². The number of hydrogen-bond acceptors (Lipinski definition) is 9. The van der Waals surface area contributed by atoms with Crippen LogP contribution in [-0.4, -0.2) is 80.9 Å². The second-order valence-corrected chi connectivity index (χ2v) is 6.86. The van der Waals surface area contributed by atoms with E-state index in [1.54, 1.807) is 6.92 Å². The average Bonchev–Trinajstić information content (AvgIpc) is 2.90. The first-order valence-electron chi connectivity index (χ1n) is 8.33. The van der Waals surface area contributed by atoms with Gasteiger partial charge in [-0.3, -0.25) is 4.79 Å². The lowest BCUT2D eigenvalue weighted by molar-refractivity contribution is -0.342. The fourth-order valence-corrected chi connectivity index (χ4v) is 3.81.